The van der Waals surface area contributed by atoms with Crippen molar-refractivity contribution in [3.63, 3.8) is 0 Å². The van der Waals surface area contributed by atoms with Crippen LogP contribution in [-0.2, 0) is 14.6 Å². The highest BCUT2D eigenvalue weighted by Gasteiger charge is 2.32. The molecule has 164 valence electrons. The molecule has 2 N–H and O–H groups in total. The molecule has 0 spiro atoms. The first-order chi connectivity index (χ1) is 12.7. The molecule has 3 aliphatic rings. The fraction of sp³-hybridized carbons (Fsp3) is 0.950. The second kappa shape index (κ2) is 10.3. The maximum absolute atomic E-state index is 11.7. The van der Waals surface area contributed by atoms with Crippen LogP contribution in [0.3, 0.4) is 0 Å². The van der Waals surface area contributed by atoms with Gasteiger partial charge in [-0.05, 0) is 43.4 Å². The molecule has 3 rings (SSSR count). The lowest BCUT2D eigenvalue weighted by Crippen LogP contribution is -2.51. The number of rotatable bonds is 4. The smallest absolute Gasteiger partial charge is 0.191 e. The summed E-state index contributed by atoms with van der Waals surface area (Å²) in [6.07, 6.45) is 7.88. The number of guanidine groups is 1. The van der Waals surface area contributed by atoms with E-state index in [0.717, 1.165) is 31.8 Å². The van der Waals surface area contributed by atoms with Crippen molar-refractivity contribution in [1.29, 1.82) is 0 Å². The average Bonchev–Trinajstić information content (AvgIpc) is 3.21. The number of nitrogens with zero attached hydrogens (tertiary/aromatic N) is 1. The Balaban J connectivity index is 0.00000280. The molecule has 2 heterocycles. The van der Waals surface area contributed by atoms with E-state index in [-0.39, 0.29) is 47.2 Å². The zero-order valence-corrected chi connectivity index (χ0v) is 20.7. The van der Waals surface area contributed by atoms with E-state index in [1.165, 1.54) is 25.7 Å². The van der Waals surface area contributed by atoms with E-state index in [2.05, 4.69) is 31.4 Å². The van der Waals surface area contributed by atoms with Gasteiger partial charge in [0, 0.05) is 25.2 Å². The lowest BCUT2D eigenvalue weighted by Gasteiger charge is -2.38. The first kappa shape index (κ1) is 24.2. The van der Waals surface area contributed by atoms with Crippen molar-refractivity contribution < 1.29 is 13.2 Å². The van der Waals surface area contributed by atoms with Crippen LogP contribution < -0.4 is 10.6 Å². The van der Waals surface area contributed by atoms with Crippen molar-refractivity contribution in [3.8, 4) is 0 Å². The maximum Gasteiger partial charge on any atom is 0.191 e. The molecule has 2 aliphatic heterocycles. The van der Waals surface area contributed by atoms with E-state index in [1.54, 1.807) is 0 Å². The predicted molar refractivity (Wildman–Crippen MR) is 125 cm³/mol. The van der Waals surface area contributed by atoms with Crippen LogP contribution in [0, 0.1) is 11.3 Å². The molecule has 0 aromatic carbocycles. The van der Waals surface area contributed by atoms with E-state index >= 15 is 0 Å². The zero-order valence-electron chi connectivity index (χ0n) is 17.6. The van der Waals surface area contributed by atoms with Crippen molar-refractivity contribution in [2.45, 2.75) is 83.9 Å². The summed E-state index contributed by atoms with van der Waals surface area (Å²) >= 11 is 0. The summed E-state index contributed by atoms with van der Waals surface area (Å²) < 4.78 is 29.4. The first-order valence-corrected chi connectivity index (χ1v) is 12.4. The summed E-state index contributed by atoms with van der Waals surface area (Å²) in [6, 6.07) is 0.838. The van der Waals surface area contributed by atoms with Gasteiger partial charge < -0.3 is 15.4 Å². The molecule has 3 atom stereocenters. The van der Waals surface area contributed by atoms with Gasteiger partial charge in [0.2, 0.25) is 0 Å². The van der Waals surface area contributed by atoms with Gasteiger partial charge in [0.25, 0.3) is 0 Å². The number of hydrogen-bond donors (Lipinski definition) is 2. The fourth-order valence-corrected chi connectivity index (χ4v) is 6.21. The molecule has 1 aliphatic carbocycles. The monoisotopic (exact) mass is 527 g/mol. The Bertz CT molecular complexity index is 627. The van der Waals surface area contributed by atoms with Gasteiger partial charge in [-0.15, -0.1) is 24.0 Å². The molecular weight excluding hydrogens is 489 g/mol. The van der Waals surface area contributed by atoms with Crippen LogP contribution in [0.15, 0.2) is 4.99 Å². The minimum absolute atomic E-state index is 0. The Morgan fingerprint density at radius 3 is 2.36 bits per heavy atom. The van der Waals surface area contributed by atoms with Crippen molar-refractivity contribution in [2.24, 2.45) is 16.3 Å². The van der Waals surface area contributed by atoms with Gasteiger partial charge in [-0.3, -0.25) is 4.99 Å². The Kier molecular flexibility index (Phi) is 8.88. The van der Waals surface area contributed by atoms with Crippen LogP contribution in [0.1, 0.15) is 65.7 Å². The number of hydrogen-bond acceptors (Lipinski definition) is 4. The molecule has 6 nitrogen and oxygen atoms in total. The summed E-state index contributed by atoms with van der Waals surface area (Å²) in [6.45, 7) is 8.05. The van der Waals surface area contributed by atoms with Crippen LogP contribution in [0.5, 0.6) is 0 Å². The third-order valence-electron chi connectivity index (χ3n) is 6.12. The van der Waals surface area contributed by atoms with Gasteiger partial charge in [0.15, 0.2) is 15.8 Å². The predicted octanol–water partition coefficient (Wildman–Crippen LogP) is 3.11. The first-order valence-electron chi connectivity index (χ1n) is 10.6. The SMILES string of the molecule is CC(C)(C)C1CC(NC(=NCC2CCS(=O)(=O)C2)NC2CCCC2)CCO1.I. The van der Waals surface area contributed by atoms with Crippen LogP contribution in [0.2, 0.25) is 0 Å². The van der Waals surface area contributed by atoms with Crippen LogP contribution in [0.4, 0.5) is 0 Å². The average molecular weight is 528 g/mol. The summed E-state index contributed by atoms with van der Waals surface area (Å²) in [5.41, 5.74) is 0.134. The largest absolute Gasteiger partial charge is 0.378 e. The fourth-order valence-electron chi connectivity index (χ4n) is 4.36. The number of halogens is 1. The third-order valence-corrected chi connectivity index (χ3v) is 7.96. The van der Waals surface area contributed by atoms with Gasteiger partial charge in [-0.2, -0.15) is 0 Å². The zero-order chi connectivity index (χ0) is 19.5. The van der Waals surface area contributed by atoms with E-state index in [1.807, 2.05) is 0 Å². The molecule has 8 heteroatoms. The second-order valence-electron chi connectivity index (χ2n) is 9.68. The summed E-state index contributed by atoms with van der Waals surface area (Å²) in [4.78, 5) is 4.81. The third kappa shape index (κ3) is 7.31. The highest BCUT2D eigenvalue weighted by atomic mass is 127. The number of aliphatic imine (C=N–C) groups is 1. The van der Waals surface area contributed by atoms with Gasteiger partial charge in [-0.25, -0.2) is 8.42 Å². The van der Waals surface area contributed by atoms with E-state index < -0.39 is 9.84 Å². The van der Waals surface area contributed by atoms with E-state index in [9.17, 15) is 8.42 Å². The van der Waals surface area contributed by atoms with Crippen molar-refractivity contribution in [1.82, 2.24) is 10.6 Å². The Hall–Kier alpha value is -0.0900. The van der Waals surface area contributed by atoms with Crippen LogP contribution in [0.25, 0.3) is 0 Å². The van der Waals surface area contributed by atoms with Crippen molar-refractivity contribution in [2.75, 3.05) is 24.7 Å². The molecule has 0 bridgehead atoms. The van der Waals surface area contributed by atoms with Crippen molar-refractivity contribution in [3.05, 3.63) is 0 Å². The maximum atomic E-state index is 11.7. The van der Waals surface area contributed by atoms with Gasteiger partial charge >= 0.3 is 0 Å². The quantitative estimate of drug-likeness (QED) is 0.334. The van der Waals surface area contributed by atoms with Crippen LogP contribution >= 0.6 is 24.0 Å². The van der Waals surface area contributed by atoms with E-state index in [0.29, 0.717) is 24.4 Å². The molecule has 3 unspecified atom stereocenters. The Morgan fingerprint density at radius 1 is 1.07 bits per heavy atom. The number of nitrogens with one attached hydrogen (secondary N) is 2. The topological polar surface area (TPSA) is 79.8 Å². The summed E-state index contributed by atoms with van der Waals surface area (Å²) in [7, 11) is -2.84. The Labute approximate surface area is 188 Å². The van der Waals surface area contributed by atoms with Gasteiger partial charge in [0.1, 0.15) is 0 Å². The highest BCUT2D eigenvalue weighted by Crippen LogP contribution is 2.29. The summed E-state index contributed by atoms with van der Waals surface area (Å²) in [5.74, 6) is 1.63. The molecule has 0 aromatic heterocycles. The van der Waals surface area contributed by atoms with Gasteiger partial charge in [-0.1, -0.05) is 33.6 Å². The molecule has 0 amide bonds. The lowest BCUT2D eigenvalue weighted by molar-refractivity contribution is -0.0560. The van der Waals surface area contributed by atoms with E-state index in [4.69, 9.17) is 9.73 Å². The number of ether oxygens (including phenoxy) is 1. The summed E-state index contributed by atoms with van der Waals surface area (Å²) in [5, 5.41) is 7.25. The molecular formula is C20H38IN3O3S. The minimum Gasteiger partial charge on any atom is -0.378 e. The molecule has 0 radical (unpaired) electrons. The minimum atomic E-state index is -2.84. The van der Waals surface area contributed by atoms with Gasteiger partial charge in [0.05, 0.1) is 17.6 Å². The van der Waals surface area contributed by atoms with Crippen LogP contribution in [-0.4, -0.2) is 57.2 Å². The molecule has 3 fully saturated rings. The molecule has 1 saturated carbocycles. The standard InChI is InChI=1S/C20H37N3O3S.HI/c1-20(2,3)18-12-17(8-10-26-18)23-19(22-16-6-4-5-7-16)21-13-15-9-11-27(24,25)14-15;/h15-18H,4-14H2,1-3H3,(H2,21,22,23);1H. The lowest BCUT2D eigenvalue weighted by atomic mass is 9.83. The van der Waals surface area contributed by atoms with Crippen molar-refractivity contribution >= 4 is 39.8 Å². The Morgan fingerprint density at radius 2 is 1.75 bits per heavy atom. The molecule has 28 heavy (non-hydrogen) atoms. The normalized spacial score (nSPS) is 31.4. The molecule has 2 saturated heterocycles. The highest BCUT2D eigenvalue weighted by molar-refractivity contribution is 14.0. The second-order valence-corrected chi connectivity index (χ2v) is 11.9. The molecule has 0 aromatic rings. The number of sulfone groups is 1.